The molecule has 1 unspecified atom stereocenters. The van der Waals surface area contributed by atoms with E-state index in [9.17, 15) is 4.39 Å². The summed E-state index contributed by atoms with van der Waals surface area (Å²) in [6, 6.07) is 6.91. The first-order valence-corrected chi connectivity index (χ1v) is 5.72. The van der Waals surface area contributed by atoms with Crippen LogP contribution in [0.1, 0.15) is 20.8 Å². The van der Waals surface area contributed by atoms with Gasteiger partial charge in [0.05, 0.1) is 0 Å². The molecule has 3 heteroatoms. The van der Waals surface area contributed by atoms with Crippen LogP contribution >= 0.6 is 0 Å². The minimum Gasteiger partial charge on any atom is -0.489 e. The summed E-state index contributed by atoms with van der Waals surface area (Å²) < 4.78 is 18.5. The van der Waals surface area contributed by atoms with Gasteiger partial charge in [-0.3, -0.25) is 0 Å². The van der Waals surface area contributed by atoms with E-state index in [1.165, 1.54) is 6.07 Å². The number of para-hydroxylation sites is 1. The Morgan fingerprint density at radius 2 is 1.94 bits per heavy atom. The van der Waals surface area contributed by atoms with Crippen molar-refractivity contribution < 1.29 is 9.13 Å². The van der Waals surface area contributed by atoms with Gasteiger partial charge in [-0.05, 0) is 25.0 Å². The van der Waals surface area contributed by atoms with E-state index < -0.39 is 0 Å². The largest absolute Gasteiger partial charge is 0.489 e. The van der Waals surface area contributed by atoms with Crippen LogP contribution in [0.2, 0.25) is 0 Å². The smallest absolute Gasteiger partial charge is 0.165 e. The maximum atomic E-state index is 13.2. The van der Waals surface area contributed by atoms with E-state index in [4.69, 9.17) is 4.74 Å². The third kappa shape index (κ3) is 4.19. The van der Waals surface area contributed by atoms with Gasteiger partial charge in [0.25, 0.3) is 0 Å². The summed E-state index contributed by atoms with van der Waals surface area (Å²) >= 11 is 0. The Bertz CT molecular complexity index is 315. The highest BCUT2D eigenvalue weighted by Crippen LogP contribution is 2.14. The average Bonchev–Trinajstić information content (AvgIpc) is 2.26. The van der Waals surface area contributed by atoms with Gasteiger partial charge in [-0.25, -0.2) is 4.39 Å². The van der Waals surface area contributed by atoms with Gasteiger partial charge in [0, 0.05) is 12.6 Å². The minimum absolute atomic E-state index is 0.306. The number of benzene rings is 1. The molecule has 1 aromatic rings. The van der Waals surface area contributed by atoms with Crippen LogP contribution in [-0.2, 0) is 0 Å². The van der Waals surface area contributed by atoms with Crippen molar-refractivity contribution in [2.75, 3.05) is 13.2 Å². The van der Waals surface area contributed by atoms with Gasteiger partial charge >= 0.3 is 0 Å². The van der Waals surface area contributed by atoms with Gasteiger partial charge in [-0.1, -0.05) is 26.0 Å². The summed E-state index contributed by atoms with van der Waals surface area (Å²) in [4.78, 5) is 0. The average molecular weight is 225 g/mol. The quantitative estimate of drug-likeness (QED) is 0.752. The first kappa shape index (κ1) is 13.0. The van der Waals surface area contributed by atoms with Gasteiger partial charge in [0.15, 0.2) is 11.6 Å². The standard InChI is InChI=1S/C13H20FNO/c1-10(2)11(3)15-8-9-16-13-7-5-4-6-12(13)14/h4-7,10-11,15H,8-9H2,1-3H3. The van der Waals surface area contributed by atoms with Crippen molar-refractivity contribution in [2.45, 2.75) is 26.8 Å². The van der Waals surface area contributed by atoms with E-state index in [2.05, 4.69) is 26.1 Å². The third-order valence-corrected chi connectivity index (χ3v) is 2.66. The normalized spacial score (nSPS) is 12.8. The Kier molecular flexibility index (Phi) is 5.26. The minimum atomic E-state index is -0.306. The molecule has 0 saturated heterocycles. The molecule has 1 rings (SSSR count). The van der Waals surface area contributed by atoms with Gasteiger partial charge in [-0.2, -0.15) is 0 Å². The zero-order valence-electron chi connectivity index (χ0n) is 10.2. The van der Waals surface area contributed by atoms with Crippen molar-refractivity contribution in [1.82, 2.24) is 5.32 Å². The summed E-state index contributed by atoms with van der Waals surface area (Å²) in [5, 5.41) is 3.32. The molecule has 90 valence electrons. The third-order valence-electron chi connectivity index (χ3n) is 2.66. The first-order valence-electron chi connectivity index (χ1n) is 5.72. The fraction of sp³-hybridized carbons (Fsp3) is 0.538. The van der Waals surface area contributed by atoms with E-state index in [0.29, 0.717) is 24.3 Å². The van der Waals surface area contributed by atoms with Gasteiger partial charge in [-0.15, -0.1) is 0 Å². The molecule has 1 aromatic carbocycles. The summed E-state index contributed by atoms with van der Waals surface area (Å²) in [6.07, 6.45) is 0. The molecule has 0 amide bonds. The SMILES string of the molecule is CC(C)C(C)NCCOc1ccccc1F. The molecule has 0 spiro atoms. The fourth-order valence-corrected chi connectivity index (χ4v) is 1.25. The molecule has 0 fully saturated rings. The van der Waals surface area contributed by atoms with E-state index >= 15 is 0 Å². The molecule has 2 nitrogen and oxygen atoms in total. The molecule has 0 saturated carbocycles. The molecule has 0 heterocycles. The van der Waals surface area contributed by atoms with Crippen LogP contribution in [-0.4, -0.2) is 19.2 Å². The Morgan fingerprint density at radius 3 is 2.56 bits per heavy atom. The second-order valence-electron chi connectivity index (χ2n) is 4.27. The van der Waals surface area contributed by atoms with Gasteiger partial charge < -0.3 is 10.1 Å². The summed E-state index contributed by atoms with van der Waals surface area (Å²) in [6.45, 7) is 7.67. The Hall–Kier alpha value is -1.09. The van der Waals surface area contributed by atoms with Crippen LogP contribution in [0, 0.1) is 11.7 Å². The molecule has 0 bridgehead atoms. The maximum Gasteiger partial charge on any atom is 0.165 e. The second-order valence-corrected chi connectivity index (χ2v) is 4.27. The molecular formula is C13H20FNO. The van der Waals surface area contributed by atoms with Gasteiger partial charge in [0.1, 0.15) is 6.61 Å². The molecule has 16 heavy (non-hydrogen) atoms. The van der Waals surface area contributed by atoms with Crippen molar-refractivity contribution >= 4 is 0 Å². The fourth-order valence-electron chi connectivity index (χ4n) is 1.25. The first-order chi connectivity index (χ1) is 7.61. The molecule has 1 N–H and O–H groups in total. The molecular weight excluding hydrogens is 205 g/mol. The number of rotatable bonds is 6. The van der Waals surface area contributed by atoms with Crippen molar-refractivity contribution in [3.8, 4) is 5.75 Å². The summed E-state index contributed by atoms with van der Waals surface area (Å²) in [5.74, 6) is 0.606. The van der Waals surface area contributed by atoms with Crippen LogP contribution < -0.4 is 10.1 Å². The highest BCUT2D eigenvalue weighted by atomic mass is 19.1. The number of hydrogen-bond donors (Lipinski definition) is 1. The predicted octanol–water partition coefficient (Wildman–Crippen LogP) is 2.84. The lowest BCUT2D eigenvalue weighted by molar-refractivity contribution is 0.285. The topological polar surface area (TPSA) is 21.3 Å². The van der Waals surface area contributed by atoms with Gasteiger partial charge in [0.2, 0.25) is 0 Å². The molecule has 0 aliphatic heterocycles. The summed E-state index contributed by atoms with van der Waals surface area (Å²) in [7, 11) is 0. The van der Waals surface area contributed by atoms with E-state index in [0.717, 1.165) is 6.54 Å². The highest BCUT2D eigenvalue weighted by molar-refractivity contribution is 5.23. The van der Waals surface area contributed by atoms with E-state index in [-0.39, 0.29) is 5.82 Å². The lowest BCUT2D eigenvalue weighted by atomic mass is 10.1. The summed E-state index contributed by atoms with van der Waals surface area (Å²) in [5.41, 5.74) is 0. The zero-order chi connectivity index (χ0) is 12.0. The van der Waals surface area contributed by atoms with Crippen LogP contribution in [0.4, 0.5) is 4.39 Å². The van der Waals surface area contributed by atoms with E-state index in [1.807, 2.05) is 0 Å². The number of halogens is 1. The van der Waals surface area contributed by atoms with Crippen LogP contribution in [0.3, 0.4) is 0 Å². The van der Waals surface area contributed by atoms with Crippen molar-refractivity contribution in [1.29, 1.82) is 0 Å². The maximum absolute atomic E-state index is 13.2. The lowest BCUT2D eigenvalue weighted by Gasteiger charge is -2.17. The molecule has 0 aromatic heterocycles. The molecule has 0 radical (unpaired) electrons. The number of hydrogen-bond acceptors (Lipinski definition) is 2. The Labute approximate surface area is 96.8 Å². The Balaban J connectivity index is 2.24. The second kappa shape index (κ2) is 6.48. The monoisotopic (exact) mass is 225 g/mol. The van der Waals surface area contributed by atoms with Crippen LogP contribution in [0.25, 0.3) is 0 Å². The van der Waals surface area contributed by atoms with Crippen LogP contribution in [0.15, 0.2) is 24.3 Å². The van der Waals surface area contributed by atoms with E-state index in [1.54, 1.807) is 18.2 Å². The zero-order valence-corrected chi connectivity index (χ0v) is 10.2. The number of ether oxygens (including phenoxy) is 1. The highest BCUT2D eigenvalue weighted by Gasteiger charge is 2.05. The molecule has 0 aliphatic carbocycles. The number of nitrogens with one attached hydrogen (secondary N) is 1. The molecule has 1 atom stereocenters. The van der Waals surface area contributed by atoms with Crippen molar-refractivity contribution in [3.05, 3.63) is 30.1 Å². The lowest BCUT2D eigenvalue weighted by Crippen LogP contribution is -2.33. The predicted molar refractivity (Wildman–Crippen MR) is 64.2 cm³/mol. The molecule has 0 aliphatic rings. The van der Waals surface area contributed by atoms with Crippen molar-refractivity contribution in [2.24, 2.45) is 5.92 Å². The van der Waals surface area contributed by atoms with Crippen molar-refractivity contribution in [3.63, 3.8) is 0 Å². The Morgan fingerprint density at radius 1 is 1.25 bits per heavy atom. The van der Waals surface area contributed by atoms with Crippen LogP contribution in [0.5, 0.6) is 5.75 Å².